The van der Waals surface area contributed by atoms with Gasteiger partial charge in [0.05, 0.1) is 23.2 Å². The minimum atomic E-state index is -4.61. The molecule has 4 rings (SSSR count). The van der Waals surface area contributed by atoms with E-state index in [0.29, 0.717) is 37.1 Å². The Balaban J connectivity index is 1.74. The normalized spacial score (nSPS) is 27.4. The molecule has 1 saturated heterocycles. The number of amides is 1. The van der Waals surface area contributed by atoms with Gasteiger partial charge in [0.1, 0.15) is 11.6 Å². The third kappa shape index (κ3) is 3.39. The first-order valence-electron chi connectivity index (χ1n) is 9.46. The largest absolute Gasteiger partial charge is 0.416 e. The molecule has 0 bridgehead atoms. The summed E-state index contributed by atoms with van der Waals surface area (Å²) in [5.41, 5.74) is -1.78. The van der Waals surface area contributed by atoms with Crippen LogP contribution in [0.2, 0.25) is 0 Å². The van der Waals surface area contributed by atoms with Crippen molar-refractivity contribution in [3.8, 4) is 0 Å². The number of aromatic nitrogens is 3. The zero-order chi connectivity index (χ0) is 21.0. The van der Waals surface area contributed by atoms with Gasteiger partial charge in [0.2, 0.25) is 5.91 Å². The van der Waals surface area contributed by atoms with Crippen molar-refractivity contribution in [2.75, 3.05) is 0 Å². The fraction of sp³-hybridized carbons (Fsp3) is 0.526. The van der Waals surface area contributed by atoms with E-state index >= 15 is 0 Å². The van der Waals surface area contributed by atoms with E-state index in [2.05, 4.69) is 20.8 Å². The number of rotatable bonds is 2. The number of carbonyl (C=O) groups is 1. The van der Waals surface area contributed by atoms with E-state index in [1.165, 1.54) is 6.07 Å². The Hall–Kier alpha value is -2.49. The zero-order valence-corrected chi connectivity index (χ0v) is 16.0. The van der Waals surface area contributed by atoms with Crippen molar-refractivity contribution in [1.29, 1.82) is 0 Å². The summed E-state index contributed by atoms with van der Waals surface area (Å²) in [5.74, 6) is 0.0628. The van der Waals surface area contributed by atoms with Gasteiger partial charge in [-0.25, -0.2) is 4.39 Å². The number of nitrogens with one attached hydrogen (secondary N) is 2. The van der Waals surface area contributed by atoms with E-state index in [9.17, 15) is 22.4 Å². The lowest BCUT2D eigenvalue weighted by Gasteiger charge is -2.35. The standard InChI is InChI=1S/C19H21F4N5O/c1-10-24-14(9-15(29)25-10)16-26-27-17-18(2,6-3-7-28(16)17)12-5-4-11(8-13(12)20)19(21,22)23/h4-5,8,10,14,24H,3,6-7,9H2,1-2H3,(H,25,29)/t10?,14?,18-/m0/s1. The molecule has 1 aromatic carbocycles. The van der Waals surface area contributed by atoms with E-state index < -0.39 is 23.0 Å². The van der Waals surface area contributed by atoms with Gasteiger partial charge in [0.25, 0.3) is 0 Å². The number of halogens is 4. The van der Waals surface area contributed by atoms with E-state index in [4.69, 9.17) is 0 Å². The van der Waals surface area contributed by atoms with Crippen LogP contribution in [0.1, 0.15) is 61.9 Å². The van der Waals surface area contributed by atoms with Crippen LogP contribution in [0.25, 0.3) is 0 Å². The Morgan fingerprint density at radius 1 is 1.28 bits per heavy atom. The van der Waals surface area contributed by atoms with E-state index in [0.717, 1.165) is 6.07 Å². The highest BCUT2D eigenvalue weighted by Gasteiger charge is 2.42. The minimum Gasteiger partial charge on any atom is -0.341 e. The Bertz CT molecular complexity index is 957. The zero-order valence-electron chi connectivity index (χ0n) is 16.0. The maximum Gasteiger partial charge on any atom is 0.416 e. The number of nitrogens with zero attached hydrogens (tertiary/aromatic N) is 3. The predicted molar refractivity (Wildman–Crippen MR) is 95.2 cm³/mol. The third-order valence-electron chi connectivity index (χ3n) is 5.75. The summed E-state index contributed by atoms with van der Waals surface area (Å²) in [6.45, 7) is 4.19. The molecule has 0 radical (unpaired) electrons. The van der Waals surface area contributed by atoms with Crippen LogP contribution in [0.5, 0.6) is 0 Å². The lowest BCUT2D eigenvalue weighted by Crippen LogP contribution is -2.51. The van der Waals surface area contributed by atoms with Crippen LogP contribution in [0.15, 0.2) is 18.2 Å². The number of hydrogen-bond donors (Lipinski definition) is 2. The van der Waals surface area contributed by atoms with Crippen LogP contribution in [-0.4, -0.2) is 26.8 Å². The summed E-state index contributed by atoms with van der Waals surface area (Å²) in [5, 5.41) is 14.6. The number of hydrogen-bond acceptors (Lipinski definition) is 4. The maximum atomic E-state index is 14.7. The van der Waals surface area contributed by atoms with Crippen LogP contribution in [-0.2, 0) is 22.9 Å². The molecule has 1 amide bonds. The summed E-state index contributed by atoms with van der Waals surface area (Å²) in [7, 11) is 0. The Kier molecular flexibility index (Phi) is 4.64. The Labute approximate surface area is 164 Å². The Morgan fingerprint density at radius 3 is 2.69 bits per heavy atom. The van der Waals surface area contributed by atoms with E-state index in [1.807, 2.05) is 11.5 Å². The van der Waals surface area contributed by atoms with E-state index in [1.54, 1.807) is 6.92 Å². The highest BCUT2D eigenvalue weighted by molar-refractivity contribution is 5.77. The highest BCUT2D eigenvalue weighted by Crippen LogP contribution is 2.42. The third-order valence-corrected chi connectivity index (χ3v) is 5.75. The molecule has 1 fully saturated rings. The fourth-order valence-corrected chi connectivity index (χ4v) is 4.35. The minimum absolute atomic E-state index is 0.106. The quantitative estimate of drug-likeness (QED) is 0.746. The topological polar surface area (TPSA) is 71.8 Å². The van der Waals surface area contributed by atoms with Gasteiger partial charge in [-0.05, 0) is 38.8 Å². The van der Waals surface area contributed by atoms with Crippen molar-refractivity contribution in [2.45, 2.75) is 63.5 Å². The molecule has 3 atom stereocenters. The molecule has 6 nitrogen and oxygen atoms in total. The van der Waals surface area contributed by atoms with Gasteiger partial charge in [-0.3, -0.25) is 10.1 Å². The molecular weight excluding hydrogens is 390 g/mol. The van der Waals surface area contributed by atoms with Crippen LogP contribution >= 0.6 is 0 Å². The summed E-state index contributed by atoms with van der Waals surface area (Å²) >= 11 is 0. The van der Waals surface area contributed by atoms with Gasteiger partial charge in [-0.15, -0.1) is 10.2 Å². The lowest BCUT2D eigenvalue weighted by atomic mass is 9.75. The van der Waals surface area contributed by atoms with Crippen molar-refractivity contribution in [3.63, 3.8) is 0 Å². The molecule has 0 spiro atoms. The SMILES string of the molecule is CC1NC(=O)CC(c2nnc3n2CCC[C@@]3(C)c2ccc(C(F)(F)F)cc2F)N1. The lowest BCUT2D eigenvalue weighted by molar-refractivity contribution is -0.137. The molecule has 2 aliphatic rings. The second kappa shape index (κ2) is 6.79. The molecule has 2 aromatic rings. The van der Waals surface area contributed by atoms with Gasteiger partial charge >= 0.3 is 6.18 Å². The molecule has 156 valence electrons. The van der Waals surface area contributed by atoms with Gasteiger partial charge in [0.15, 0.2) is 5.82 Å². The number of fused-ring (bicyclic) bond motifs is 1. The summed E-state index contributed by atoms with van der Waals surface area (Å²) < 4.78 is 55.4. The first kappa shape index (κ1) is 19.8. The van der Waals surface area contributed by atoms with Gasteiger partial charge < -0.3 is 9.88 Å². The molecule has 2 aliphatic heterocycles. The van der Waals surface area contributed by atoms with Crippen molar-refractivity contribution in [2.24, 2.45) is 0 Å². The molecule has 2 N–H and O–H groups in total. The van der Waals surface area contributed by atoms with Crippen molar-refractivity contribution >= 4 is 5.91 Å². The first-order valence-corrected chi connectivity index (χ1v) is 9.46. The van der Waals surface area contributed by atoms with Crippen molar-refractivity contribution in [1.82, 2.24) is 25.4 Å². The molecule has 0 aliphatic carbocycles. The van der Waals surface area contributed by atoms with Crippen molar-refractivity contribution in [3.05, 3.63) is 46.8 Å². The fourth-order valence-electron chi connectivity index (χ4n) is 4.35. The average molecular weight is 411 g/mol. The molecule has 0 saturated carbocycles. The second-order valence-corrected chi connectivity index (χ2v) is 7.87. The van der Waals surface area contributed by atoms with Gasteiger partial charge in [-0.1, -0.05) is 6.07 Å². The van der Waals surface area contributed by atoms with Gasteiger partial charge in [-0.2, -0.15) is 13.2 Å². The molecule has 29 heavy (non-hydrogen) atoms. The monoisotopic (exact) mass is 411 g/mol. The summed E-state index contributed by atoms with van der Waals surface area (Å²) in [6, 6.07) is 2.29. The summed E-state index contributed by atoms with van der Waals surface area (Å²) in [6.07, 6.45) is -3.42. The van der Waals surface area contributed by atoms with E-state index in [-0.39, 0.29) is 30.1 Å². The molecule has 10 heteroatoms. The van der Waals surface area contributed by atoms with Crippen LogP contribution < -0.4 is 10.6 Å². The predicted octanol–water partition coefficient (Wildman–Crippen LogP) is 3.03. The first-order chi connectivity index (χ1) is 13.6. The average Bonchev–Trinajstić information content (AvgIpc) is 3.05. The maximum absolute atomic E-state index is 14.7. The van der Waals surface area contributed by atoms with Crippen LogP contribution in [0, 0.1) is 5.82 Å². The number of alkyl halides is 3. The molecule has 3 heterocycles. The van der Waals surface area contributed by atoms with Crippen LogP contribution in [0.3, 0.4) is 0 Å². The number of carbonyl (C=O) groups excluding carboxylic acids is 1. The molecule has 2 unspecified atom stereocenters. The number of benzene rings is 1. The van der Waals surface area contributed by atoms with Gasteiger partial charge in [0, 0.05) is 18.5 Å². The van der Waals surface area contributed by atoms with Crippen LogP contribution in [0.4, 0.5) is 17.6 Å². The second-order valence-electron chi connectivity index (χ2n) is 7.87. The van der Waals surface area contributed by atoms with Crippen molar-refractivity contribution < 1.29 is 22.4 Å². The molecule has 1 aromatic heterocycles. The smallest absolute Gasteiger partial charge is 0.341 e. The Morgan fingerprint density at radius 2 is 2.03 bits per heavy atom. The highest BCUT2D eigenvalue weighted by atomic mass is 19.4. The molecular formula is C19H21F4N5O. The summed E-state index contributed by atoms with van der Waals surface area (Å²) in [4.78, 5) is 11.9.